The van der Waals surface area contributed by atoms with Gasteiger partial charge in [0.25, 0.3) is 5.91 Å². The van der Waals surface area contributed by atoms with Gasteiger partial charge in [0, 0.05) is 6.21 Å². The number of amides is 1. The highest BCUT2D eigenvalue weighted by molar-refractivity contribution is 6.33. The predicted molar refractivity (Wildman–Crippen MR) is 82.9 cm³/mol. The Labute approximate surface area is 122 Å². The molecule has 0 heterocycles. The molecule has 0 aliphatic heterocycles. The van der Waals surface area contributed by atoms with Crippen LogP contribution < -0.4 is 5.43 Å². The van der Waals surface area contributed by atoms with Crippen molar-refractivity contribution in [3.63, 3.8) is 0 Å². The summed E-state index contributed by atoms with van der Waals surface area (Å²) < 4.78 is 0. The van der Waals surface area contributed by atoms with Crippen LogP contribution in [0.2, 0.25) is 5.02 Å². The van der Waals surface area contributed by atoms with Crippen LogP contribution in [0.3, 0.4) is 0 Å². The van der Waals surface area contributed by atoms with Gasteiger partial charge in [-0.15, -0.1) is 0 Å². The van der Waals surface area contributed by atoms with Crippen molar-refractivity contribution in [2.45, 2.75) is 0 Å². The van der Waals surface area contributed by atoms with Crippen molar-refractivity contribution >= 4 is 29.8 Å². The maximum atomic E-state index is 11.8. The molecule has 2 rings (SSSR count). The lowest BCUT2D eigenvalue weighted by Gasteiger charge is -2.00. The molecule has 0 bridgehead atoms. The zero-order valence-electron chi connectivity index (χ0n) is 10.7. The average molecular weight is 285 g/mol. The monoisotopic (exact) mass is 284 g/mol. The number of nitrogens with one attached hydrogen (secondary N) is 1. The van der Waals surface area contributed by atoms with Crippen molar-refractivity contribution in [3.8, 4) is 0 Å². The molecule has 0 aromatic heterocycles. The van der Waals surface area contributed by atoms with Gasteiger partial charge in [-0.2, -0.15) is 5.10 Å². The van der Waals surface area contributed by atoms with Crippen molar-refractivity contribution in [2.75, 3.05) is 0 Å². The lowest BCUT2D eigenvalue weighted by Crippen LogP contribution is -2.17. The van der Waals surface area contributed by atoms with Gasteiger partial charge in [-0.3, -0.25) is 4.79 Å². The third-order valence-electron chi connectivity index (χ3n) is 2.53. The number of hydrazone groups is 1. The number of hydrogen-bond donors (Lipinski definition) is 1. The normalized spacial score (nSPS) is 11.1. The molecule has 100 valence electrons. The Kier molecular flexibility index (Phi) is 5.09. The Hall–Kier alpha value is -2.39. The number of carbonyl (C=O) groups excluding carboxylic acids is 1. The summed E-state index contributed by atoms with van der Waals surface area (Å²) in [6, 6.07) is 16.6. The lowest BCUT2D eigenvalue weighted by atomic mass is 10.2. The molecule has 1 N–H and O–H groups in total. The summed E-state index contributed by atoms with van der Waals surface area (Å²) in [6.45, 7) is 0. The van der Waals surface area contributed by atoms with Gasteiger partial charge < -0.3 is 0 Å². The van der Waals surface area contributed by atoms with E-state index in [1.165, 1.54) is 6.21 Å². The Morgan fingerprint density at radius 3 is 2.50 bits per heavy atom. The van der Waals surface area contributed by atoms with E-state index in [0.29, 0.717) is 10.6 Å². The standard InChI is InChI=1S/C16H13ClN2O/c17-15-11-5-4-10-14(15)16(20)19-18-12-6-9-13-7-2-1-3-8-13/h1-12H,(H,19,20)/b9-6+,18-12-. The largest absolute Gasteiger partial charge is 0.272 e. The first-order valence-electron chi connectivity index (χ1n) is 6.07. The maximum Gasteiger partial charge on any atom is 0.272 e. The second kappa shape index (κ2) is 7.26. The highest BCUT2D eigenvalue weighted by Gasteiger charge is 2.07. The lowest BCUT2D eigenvalue weighted by molar-refractivity contribution is 0.0955. The van der Waals surface area contributed by atoms with Gasteiger partial charge >= 0.3 is 0 Å². The van der Waals surface area contributed by atoms with Crippen LogP contribution in [0, 0.1) is 0 Å². The van der Waals surface area contributed by atoms with E-state index in [-0.39, 0.29) is 5.91 Å². The van der Waals surface area contributed by atoms with Crippen molar-refractivity contribution in [1.82, 2.24) is 5.43 Å². The number of allylic oxidation sites excluding steroid dienone is 1. The molecule has 2 aromatic rings. The van der Waals surface area contributed by atoms with Gasteiger partial charge in [-0.05, 0) is 23.8 Å². The van der Waals surface area contributed by atoms with Crippen molar-refractivity contribution in [2.24, 2.45) is 5.10 Å². The van der Waals surface area contributed by atoms with Crippen LogP contribution in [0.15, 0.2) is 65.8 Å². The molecule has 0 saturated heterocycles. The highest BCUT2D eigenvalue weighted by Crippen LogP contribution is 2.14. The van der Waals surface area contributed by atoms with Crippen LogP contribution in [0.25, 0.3) is 6.08 Å². The average Bonchev–Trinajstić information content (AvgIpc) is 2.48. The fourth-order valence-electron chi connectivity index (χ4n) is 1.56. The minimum atomic E-state index is -0.333. The summed E-state index contributed by atoms with van der Waals surface area (Å²) in [7, 11) is 0. The van der Waals surface area contributed by atoms with Crippen LogP contribution >= 0.6 is 11.6 Å². The summed E-state index contributed by atoms with van der Waals surface area (Å²) in [5.41, 5.74) is 3.89. The number of carbonyl (C=O) groups is 1. The van der Waals surface area contributed by atoms with Crippen LogP contribution in [0.1, 0.15) is 15.9 Å². The Balaban J connectivity index is 1.89. The summed E-state index contributed by atoms with van der Waals surface area (Å²) in [4.78, 5) is 11.8. The zero-order chi connectivity index (χ0) is 14.2. The molecule has 20 heavy (non-hydrogen) atoms. The molecule has 2 aromatic carbocycles. The van der Waals surface area contributed by atoms with Crippen molar-refractivity contribution < 1.29 is 4.79 Å². The molecule has 0 radical (unpaired) electrons. The van der Waals surface area contributed by atoms with E-state index in [9.17, 15) is 4.79 Å². The Morgan fingerprint density at radius 1 is 1.05 bits per heavy atom. The number of hydrogen-bond acceptors (Lipinski definition) is 2. The summed E-state index contributed by atoms with van der Waals surface area (Å²) in [5, 5.41) is 4.24. The third-order valence-corrected chi connectivity index (χ3v) is 2.86. The van der Waals surface area contributed by atoms with E-state index in [1.54, 1.807) is 30.3 Å². The van der Waals surface area contributed by atoms with Gasteiger partial charge in [0.2, 0.25) is 0 Å². The van der Waals surface area contributed by atoms with Gasteiger partial charge in [-0.1, -0.05) is 60.1 Å². The minimum absolute atomic E-state index is 0.333. The summed E-state index contributed by atoms with van der Waals surface area (Å²) in [5.74, 6) is -0.333. The van der Waals surface area contributed by atoms with Crippen LogP contribution in [-0.2, 0) is 0 Å². The zero-order valence-corrected chi connectivity index (χ0v) is 11.4. The molecular formula is C16H13ClN2O. The maximum absolute atomic E-state index is 11.8. The number of nitrogens with zero attached hydrogens (tertiary/aromatic N) is 1. The quantitative estimate of drug-likeness (QED) is 0.674. The fraction of sp³-hybridized carbons (Fsp3) is 0. The molecule has 0 aliphatic carbocycles. The van der Waals surface area contributed by atoms with E-state index in [4.69, 9.17) is 11.6 Å². The number of benzene rings is 2. The second-order valence-electron chi connectivity index (χ2n) is 3.97. The molecule has 0 fully saturated rings. The van der Waals surface area contributed by atoms with Gasteiger partial charge in [0.05, 0.1) is 10.6 Å². The minimum Gasteiger partial charge on any atom is -0.267 e. The topological polar surface area (TPSA) is 41.5 Å². The van der Waals surface area contributed by atoms with Crippen LogP contribution in [0.4, 0.5) is 0 Å². The predicted octanol–water partition coefficient (Wildman–Crippen LogP) is 3.77. The molecular weight excluding hydrogens is 272 g/mol. The smallest absolute Gasteiger partial charge is 0.267 e. The molecule has 0 unspecified atom stereocenters. The van der Waals surface area contributed by atoms with Crippen LogP contribution in [-0.4, -0.2) is 12.1 Å². The number of halogens is 1. The first-order chi connectivity index (χ1) is 9.77. The molecule has 3 nitrogen and oxygen atoms in total. The van der Waals surface area contributed by atoms with E-state index in [2.05, 4.69) is 10.5 Å². The SMILES string of the molecule is O=C(N/N=C\C=C\c1ccccc1)c1ccccc1Cl. The second-order valence-corrected chi connectivity index (χ2v) is 4.38. The van der Waals surface area contributed by atoms with Gasteiger partial charge in [0.1, 0.15) is 0 Å². The third kappa shape index (κ3) is 4.07. The summed E-state index contributed by atoms with van der Waals surface area (Å²) >= 11 is 5.91. The first-order valence-corrected chi connectivity index (χ1v) is 6.45. The van der Waals surface area contributed by atoms with E-state index in [1.807, 2.05) is 36.4 Å². The first kappa shape index (κ1) is 14.0. The number of rotatable bonds is 4. The highest BCUT2D eigenvalue weighted by atomic mass is 35.5. The molecule has 0 saturated carbocycles. The van der Waals surface area contributed by atoms with Crippen molar-refractivity contribution in [1.29, 1.82) is 0 Å². The summed E-state index contributed by atoms with van der Waals surface area (Å²) in [6.07, 6.45) is 5.16. The van der Waals surface area contributed by atoms with E-state index >= 15 is 0 Å². The Bertz CT molecular complexity index is 636. The molecule has 4 heteroatoms. The molecule has 0 spiro atoms. The van der Waals surface area contributed by atoms with Gasteiger partial charge in [-0.25, -0.2) is 5.43 Å². The Morgan fingerprint density at radius 2 is 1.75 bits per heavy atom. The molecule has 0 atom stereocenters. The van der Waals surface area contributed by atoms with E-state index < -0.39 is 0 Å². The molecule has 1 amide bonds. The molecule has 0 aliphatic rings. The van der Waals surface area contributed by atoms with Crippen molar-refractivity contribution in [3.05, 3.63) is 76.8 Å². The fourth-order valence-corrected chi connectivity index (χ4v) is 1.78. The van der Waals surface area contributed by atoms with E-state index in [0.717, 1.165) is 5.56 Å². The van der Waals surface area contributed by atoms with Gasteiger partial charge in [0.15, 0.2) is 0 Å². The van der Waals surface area contributed by atoms with Crippen LogP contribution in [0.5, 0.6) is 0 Å².